The van der Waals surface area contributed by atoms with Gasteiger partial charge in [0.15, 0.2) is 0 Å². The molecule has 1 saturated heterocycles. The van der Waals surface area contributed by atoms with Gasteiger partial charge in [0.1, 0.15) is 12.1 Å². The maximum atomic E-state index is 12.7. The van der Waals surface area contributed by atoms with Crippen molar-refractivity contribution in [3.05, 3.63) is 0 Å². The third-order valence-electron chi connectivity index (χ3n) is 4.81. The zero-order chi connectivity index (χ0) is 14.9. The molecule has 0 aromatic carbocycles. The minimum Gasteiger partial charge on any atom is -0.343 e. The van der Waals surface area contributed by atoms with E-state index >= 15 is 0 Å². The molecule has 1 aliphatic heterocycles. The van der Waals surface area contributed by atoms with Gasteiger partial charge in [-0.1, -0.05) is 34.1 Å². The molecule has 0 aromatic rings. The maximum absolute atomic E-state index is 12.7. The van der Waals surface area contributed by atoms with Gasteiger partial charge in [-0.25, -0.2) is 0 Å². The first kappa shape index (κ1) is 15.3. The van der Waals surface area contributed by atoms with Crippen LogP contribution in [-0.2, 0) is 9.59 Å². The first-order valence-electron chi connectivity index (χ1n) is 8.02. The highest BCUT2D eigenvalue weighted by Crippen LogP contribution is 2.41. The van der Waals surface area contributed by atoms with Crippen LogP contribution in [-0.4, -0.2) is 34.8 Å². The van der Waals surface area contributed by atoms with Gasteiger partial charge in [-0.3, -0.25) is 9.59 Å². The highest BCUT2D eigenvalue weighted by Gasteiger charge is 2.45. The van der Waals surface area contributed by atoms with Gasteiger partial charge >= 0.3 is 0 Å². The van der Waals surface area contributed by atoms with Crippen LogP contribution in [0.2, 0.25) is 0 Å². The van der Waals surface area contributed by atoms with E-state index in [0.29, 0.717) is 6.42 Å². The van der Waals surface area contributed by atoms with Crippen molar-refractivity contribution < 1.29 is 9.59 Å². The Morgan fingerprint density at radius 3 is 2.50 bits per heavy atom. The fraction of sp³-hybridized carbons (Fsp3) is 0.875. The van der Waals surface area contributed by atoms with Crippen molar-refractivity contribution >= 4 is 11.8 Å². The third-order valence-corrected chi connectivity index (χ3v) is 4.81. The molecule has 0 bridgehead atoms. The number of rotatable bonds is 4. The van der Waals surface area contributed by atoms with Crippen LogP contribution in [0.15, 0.2) is 0 Å². The van der Waals surface area contributed by atoms with Gasteiger partial charge in [0.25, 0.3) is 0 Å². The number of hydrogen-bond donors (Lipinski definition) is 1. The molecule has 3 atom stereocenters. The Kier molecular flexibility index (Phi) is 4.40. The molecule has 1 N–H and O–H groups in total. The van der Waals surface area contributed by atoms with Crippen molar-refractivity contribution in [3.8, 4) is 0 Å². The largest absolute Gasteiger partial charge is 0.343 e. The van der Waals surface area contributed by atoms with Crippen LogP contribution in [0.5, 0.6) is 0 Å². The molecule has 2 amide bonds. The number of hydrogen-bond acceptors (Lipinski definition) is 2. The van der Waals surface area contributed by atoms with E-state index in [9.17, 15) is 9.59 Å². The van der Waals surface area contributed by atoms with Gasteiger partial charge in [0.05, 0.1) is 0 Å². The molecule has 0 spiro atoms. The second kappa shape index (κ2) is 5.74. The molecular weight excluding hydrogens is 252 g/mol. The van der Waals surface area contributed by atoms with E-state index in [1.165, 1.54) is 0 Å². The maximum Gasteiger partial charge on any atom is 0.246 e. The SMILES string of the molecule is CCCC1NC(=O)C(CC)N(C2CCC(C)(C)C2)C1=O. The van der Waals surface area contributed by atoms with Gasteiger partial charge in [0.2, 0.25) is 11.8 Å². The molecule has 4 heteroatoms. The summed E-state index contributed by atoms with van der Waals surface area (Å²) in [6, 6.07) is -0.332. The molecule has 3 unspecified atom stereocenters. The lowest BCUT2D eigenvalue weighted by Crippen LogP contribution is -2.65. The van der Waals surface area contributed by atoms with E-state index in [2.05, 4.69) is 19.2 Å². The standard InChI is InChI=1S/C16H28N2O2/c1-5-7-12-15(20)18(13(6-2)14(19)17-12)11-8-9-16(3,4)10-11/h11-13H,5-10H2,1-4H3,(H,17,19). The average molecular weight is 280 g/mol. The van der Waals surface area contributed by atoms with E-state index in [1.807, 2.05) is 18.7 Å². The Balaban J connectivity index is 2.21. The molecule has 1 heterocycles. The molecular formula is C16H28N2O2. The molecule has 2 rings (SSSR count). The molecule has 1 aliphatic carbocycles. The zero-order valence-electron chi connectivity index (χ0n) is 13.2. The van der Waals surface area contributed by atoms with E-state index in [4.69, 9.17) is 0 Å². The van der Waals surface area contributed by atoms with Gasteiger partial charge in [-0.2, -0.15) is 0 Å². The highest BCUT2D eigenvalue weighted by molar-refractivity contribution is 5.97. The molecule has 1 saturated carbocycles. The van der Waals surface area contributed by atoms with Gasteiger partial charge in [-0.05, 0) is 37.5 Å². The van der Waals surface area contributed by atoms with E-state index in [1.54, 1.807) is 0 Å². The van der Waals surface area contributed by atoms with Crippen LogP contribution in [0.3, 0.4) is 0 Å². The van der Waals surface area contributed by atoms with Gasteiger partial charge in [-0.15, -0.1) is 0 Å². The summed E-state index contributed by atoms with van der Waals surface area (Å²) >= 11 is 0. The second-order valence-electron chi connectivity index (χ2n) is 7.08. The minimum absolute atomic E-state index is 0.0373. The van der Waals surface area contributed by atoms with Gasteiger partial charge < -0.3 is 10.2 Å². The number of carbonyl (C=O) groups excluding carboxylic acids is 2. The summed E-state index contributed by atoms with van der Waals surface area (Å²) < 4.78 is 0. The van der Waals surface area contributed by atoms with Crippen molar-refractivity contribution in [1.29, 1.82) is 0 Å². The normalized spacial score (nSPS) is 33.4. The van der Waals surface area contributed by atoms with Gasteiger partial charge in [0, 0.05) is 6.04 Å². The van der Waals surface area contributed by atoms with E-state index in [0.717, 1.165) is 32.1 Å². The lowest BCUT2D eigenvalue weighted by atomic mass is 9.91. The molecule has 0 radical (unpaired) electrons. The van der Waals surface area contributed by atoms with Crippen molar-refractivity contribution in [1.82, 2.24) is 10.2 Å². The summed E-state index contributed by atoms with van der Waals surface area (Å²) in [6.45, 7) is 8.55. The summed E-state index contributed by atoms with van der Waals surface area (Å²) in [6.07, 6.45) is 5.54. The number of carbonyl (C=O) groups is 2. The van der Waals surface area contributed by atoms with Crippen molar-refractivity contribution in [2.75, 3.05) is 0 Å². The summed E-state index contributed by atoms with van der Waals surface area (Å²) in [5, 5.41) is 2.91. The average Bonchev–Trinajstić information content (AvgIpc) is 2.73. The first-order chi connectivity index (χ1) is 9.39. The Labute approximate surface area is 122 Å². The molecule has 0 aromatic heterocycles. The Morgan fingerprint density at radius 2 is 2.00 bits per heavy atom. The Morgan fingerprint density at radius 1 is 1.30 bits per heavy atom. The first-order valence-corrected chi connectivity index (χ1v) is 8.02. The fourth-order valence-electron chi connectivity index (χ4n) is 3.73. The molecule has 2 fully saturated rings. The van der Waals surface area contributed by atoms with Crippen LogP contribution >= 0.6 is 0 Å². The molecule has 2 aliphatic rings. The fourth-order valence-corrected chi connectivity index (χ4v) is 3.73. The Hall–Kier alpha value is -1.06. The van der Waals surface area contributed by atoms with Crippen molar-refractivity contribution in [3.63, 3.8) is 0 Å². The molecule has 114 valence electrons. The number of piperazine rings is 1. The minimum atomic E-state index is -0.306. The van der Waals surface area contributed by atoms with E-state index in [-0.39, 0.29) is 35.4 Å². The topological polar surface area (TPSA) is 49.4 Å². The highest BCUT2D eigenvalue weighted by atomic mass is 16.2. The van der Waals surface area contributed by atoms with Crippen LogP contribution in [0.4, 0.5) is 0 Å². The third kappa shape index (κ3) is 2.84. The van der Waals surface area contributed by atoms with Crippen molar-refractivity contribution in [2.24, 2.45) is 5.41 Å². The van der Waals surface area contributed by atoms with Crippen LogP contribution in [0.25, 0.3) is 0 Å². The van der Waals surface area contributed by atoms with Crippen LogP contribution < -0.4 is 5.32 Å². The summed E-state index contributed by atoms with van der Waals surface area (Å²) in [4.78, 5) is 26.9. The molecule has 20 heavy (non-hydrogen) atoms. The number of amides is 2. The predicted molar refractivity (Wildman–Crippen MR) is 79.2 cm³/mol. The monoisotopic (exact) mass is 280 g/mol. The lowest BCUT2D eigenvalue weighted by molar-refractivity contribution is -0.152. The lowest BCUT2D eigenvalue weighted by Gasteiger charge is -2.42. The summed E-state index contributed by atoms with van der Waals surface area (Å²) in [5.74, 6) is 0.177. The smallest absolute Gasteiger partial charge is 0.246 e. The predicted octanol–water partition coefficient (Wildman–Crippen LogP) is 2.47. The van der Waals surface area contributed by atoms with Crippen molar-refractivity contribution in [2.45, 2.75) is 84.3 Å². The number of nitrogens with zero attached hydrogens (tertiary/aromatic N) is 1. The van der Waals surface area contributed by atoms with Crippen LogP contribution in [0, 0.1) is 5.41 Å². The second-order valence-corrected chi connectivity index (χ2v) is 7.08. The Bertz CT molecular complexity index is 392. The quantitative estimate of drug-likeness (QED) is 0.860. The summed E-state index contributed by atoms with van der Waals surface area (Å²) in [5.41, 5.74) is 0.289. The number of nitrogens with one attached hydrogen (secondary N) is 1. The van der Waals surface area contributed by atoms with E-state index < -0.39 is 0 Å². The van der Waals surface area contributed by atoms with Crippen LogP contribution in [0.1, 0.15) is 66.2 Å². The summed E-state index contributed by atoms with van der Waals surface area (Å²) in [7, 11) is 0. The zero-order valence-corrected chi connectivity index (χ0v) is 13.2. The molecule has 4 nitrogen and oxygen atoms in total.